The van der Waals surface area contributed by atoms with Crippen molar-refractivity contribution in [2.24, 2.45) is 0 Å². The fraction of sp³-hybridized carbons (Fsp3) is 0.222. The standard InChI is InChI=1S/C27H25FN4O4/c1-16(2)35-21-9-7-18(8-10-21)26-29-23(17(3)36-26)14-31-11-12-32-25(27(31)34)22(15-33)24(30-32)19-5-4-6-20(28)13-19/h4-13,16,33H,14-15H2,1-3H3. The average molecular weight is 489 g/mol. The second-order valence-electron chi connectivity index (χ2n) is 8.73. The zero-order valence-corrected chi connectivity index (χ0v) is 20.1. The van der Waals surface area contributed by atoms with Crippen molar-refractivity contribution < 1.29 is 18.7 Å². The van der Waals surface area contributed by atoms with Crippen molar-refractivity contribution in [3.63, 3.8) is 0 Å². The number of halogens is 1. The molecule has 9 heteroatoms. The number of hydrogen-bond acceptors (Lipinski definition) is 6. The molecule has 0 aliphatic heterocycles. The molecular weight excluding hydrogens is 463 g/mol. The molecule has 0 aliphatic carbocycles. The van der Waals surface area contributed by atoms with Gasteiger partial charge in [0.15, 0.2) is 0 Å². The summed E-state index contributed by atoms with van der Waals surface area (Å²) >= 11 is 0. The van der Waals surface area contributed by atoms with Crippen LogP contribution < -0.4 is 10.3 Å². The van der Waals surface area contributed by atoms with Crippen LogP contribution in [0.5, 0.6) is 5.75 Å². The molecule has 8 nitrogen and oxygen atoms in total. The van der Waals surface area contributed by atoms with Crippen LogP contribution >= 0.6 is 0 Å². The van der Waals surface area contributed by atoms with Crippen LogP contribution in [0.3, 0.4) is 0 Å². The Morgan fingerprint density at radius 1 is 1.11 bits per heavy atom. The van der Waals surface area contributed by atoms with E-state index in [1.807, 2.05) is 38.1 Å². The van der Waals surface area contributed by atoms with Gasteiger partial charge in [-0.15, -0.1) is 0 Å². The lowest BCUT2D eigenvalue weighted by Crippen LogP contribution is -2.23. The number of aliphatic hydroxyl groups excluding tert-OH is 1. The van der Waals surface area contributed by atoms with Crippen molar-refractivity contribution in [1.29, 1.82) is 0 Å². The Morgan fingerprint density at radius 2 is 1.89 bits per heavy atom. The third-order valence-corrected chi connectivity index (χ3v) is 5.80. The number of benzene rings is 2. The number of aromatic nitrogens is 4. The molecule has 36 heavy (non-hydrogen) atoms. The molecule has 2 aromatic carbocycles. The van der Waals surface area contributed by atoms with Crippen LogP contribution in [-0.4, -0.2) is 30.4 Å². The summed E-state index contributed by atoms with van der Waals surface area (Å²) < 4.78 is 28.2. The monoisotopic (exact) mass is 488 g/mol. The van der Waals surface area contributed by atoms with Crippen molar-refractivity contribution in [2.75, 3.05) is 0 Å². The highest BCUT2D eigenvalue weighted by Gasteiger charge is 2.19. The molecule has 0 unspecified atom stereocenters. The lowest BCUT2D eigenvalue weighted by molar-refractivity contribution is 0.242. The van der Waals surface area contributed by atoms with E-state index < -0.39 is 12.4 Å². The summed E-state index contributed by atoms with van der Waals surface area (Å²) in [6.45, 7) is 5.48. The summed E-state index contributed by atoms with van der Waals surface area (Å²) in [6, 6.07) is 13.4. The molecule has 0 fully saturated rings. The van der Waals surface area contributed by atoms with Crippen molar-refractivity contribution in [3.05, 3.63) is 94.1 Å². The number of fused-ring (bicyclic) bond motifs is 1. The fourth-order valence-corrected chi connectivity index (χ4v) is 4.10. The molecule has 184 valence electrons. The molecule has 0 spiro atoms. The molecule has 0 saturated heterocycles. The number of aliphatic hydroxyl groups is 1. The molecule has 0 atom stereocenters. The maximum absolute atomic E-state index is 13.8. The van der Waals surface area contributed by atoms with Crippen molar-refractivity contribution in [2.45, 2.75) is 40.0 Å². The molecule has 1 N–H and O–H groups in total. The van der Waals surface area contributed by atoms with Gasteiger partial charge in [0.25, 0.3) is 5.56 Å². The summed E-state index contributed by atoms with van der Waals surface area (Å²) in [6.07, 6.45) is 3.31. The van der Waals surface area contributed by atoms with Crippen LogP contribution in [0.4, 0.5) is 4.39 Å². The Kier molecular flexibility index (Phi) is 6.15. The predicted molar refractivity (Wildman–Crippen MR) is 132 cm³/mol. The SMILES string of the molecule is Cc1oc(-c2ccc(OC(C)C)cc2)nc1Cn1ccn2nc(-c3cccc(F)c3)c(CO)c2c1=O. The van der Waals surface area contributed by atoms with Gasteiger partial charge in [0.2, 0.25) is 5.89 Å². The zero-order chi connectivity index (χ0) is 25.4. The first-order chi connectivity index (χ1) is 17.3. The van der Waals surface area contributed by atoms with Gasteiger partial charge < -0.3 is 18.8 Å². The third-order valence-electron chi connectivity index (χ3n) is 5.80. The first-order valence-electron chi connectivity index (χ1n) is 11.5. The van der Waals surface area contributed by atoms with Crippen molar-refractivity contribution in [1.82, 2.24) is 19.2 Å². The van der Waals surface area contributed by atoms with Gasteiger partial charge in [-0.25, -0.2) is 13.9 Å². The lowest BCUT2D eigenvalue weighted by Gasteiger charge is -2.09. The molecule has 5 rings (SSSR count). The summed E-state index contributed by atoms with van der Waals surface area (Å²) in [5, 5.41) is 14.5. The fourth-order valence-electron chi connectivity index (χ4n) is 4.10. The summed E-state index contributed by atoms with van der Waals surface area (Å²) in [5.74, 6) is 1.37. The molecule has 5 aromatic rings. The highest BCUT2D eigenvalue weighted by atomic mass is 19.1. The largest absolute Gasteiger partial charge is 0.491 e. The van der Waals surface area contributed by atoms with Gasteiger partial charge in [0.1, 0.15) is 28.5 Å². The minimum Gasteiger partial charge on any atom is -0.491 e. The Hall–Kier alpha value is -4.24. The van der Waals surface area contributed by atoms with Crippen LogP contribution in [0, 0.1) is 12.7 Å². The summed E-state index contributed by atoms with van der Waals surface area (Å²) in [4.78, 5) is 18.0. The highest BCUT2D eigenvalue weighted by molar-refractivity contribution is 5.72. The summed E-state index contributed by atoms with van der Waals surface area (Å²) in [7, 11) is 0. The van der Waals surface area contributed by atoms with Crippen LogP contribution in [-0.2, 0) is 13.2 Å². The van der Waals surface area contributed by atoms with E-state index >= 15 is 0 Å². The number of nitrogens with zero attached hydrogens (tertiary/aromatic N) is 4. The minimum atomic E-state index is -0.426. The number of hydrogen-bond donors (Lipinski definition) is 1. The van der Waals surface area contributed by atoms with E-state index in [2.05, 4.69) is 10.1 Å². The number of oxazole rings is 1. The Bertz CT molecular complexity index is 1600. The Balaban J connectivity index is 1.48. The van der Waals surface area contributed by atoms with Crippen LogP contribution in [0.25, 0.3) is 28.2 Å². The van der Waals surface area contributed by atoms with Gasteiger partial charge >= 0.3 is 0 Å². The predicted octanol–water partition coefficient (Wildman–Crippen LogP) is 4.59. The normalized spacial score (nSPS) is 11.5. The number of rotatable bonds is 7. The molecule has 3 heterocycles. The van der Waals surface area contributed by atoms with E-state index in [1.165, 1.54) is 21.2 Å². The van der Waals surface area contributed by atoms with Gasteiger partial charge in [-0.05, 0) is 57.2 Å². The van der Waals surface area contributed by atoms with E-state index in [1.54, 1.807) is 31.5 Å². The smallest absolute Gasteiger partial charge is 0.277 e. The highest BCUT2D eigenvalue weighted by Crippen LogP contribution is 2.27. The van der Waals surface area contributed by atoms with E-state index in [0.29, 0.717) is 34.2 Å². The van der Waals surface area contributed by atoms with E-state index in [0.717, 1.165) is 11.3 Å². The molecule has 0 bridgehead atoms. The second-order valence-corrected chi connectivity index (χ2v) is 8.73. The van der Waals surface area contributed by atoms with Gasteiger partial charge in [-0.1, -0.05) is 12.1 Å². The number of ether oxygens (including phenoxy) is 1. The van der Waals surface area contributed by atoms with E-state index in [4.69, 9.17) is 9.15 Å². The molecule has 3 aromatic heterocycles. The quantitative estimate of drug-likeness (QED) is 0.360. The molecular formula is C27H25FN4O4. The molecule has 0 aliphatic rings. The first kappa shape index (κ1) is 23.5. The Morgan fingerprint density at radius 3 is 2.58 bits per heavy atom. The molecule has 0 saturated carbocycles. The van der Waals surface area contributed by atoms with Crippen molar-refractivity contribution in [3.8, 4) is 28.5 Å². The van der Waals surface area contributed by atoms with Crippen LogP contribution in [0.1, 0.15) is 30.9 Å². The first-order valence-corrected chi connectivity index (χ1v) is 11.5. The van der Waals surface area contributed by atoms with Gasteiger partial charge in [0.05, 0.1) is 24.9 Å². The van der Waals surface area contributed by atoms with Crippen LogP contribution in [0.2, 0.25) is 0 Å². The topological polar surface area (TPSA) is 94.8 Å². The average Bonchev–Trinajstić information content (AvgIpc) is 3.41. The maximum atomic E-state index is 13.8. The van der Waals surface area contributed by atoms with Crippen molar-refractivity contribution >= 4 is 5.52 Å². The molecule has 0 radical (unpaired) electrons. The van der Waals surface area contributed by atoms with Crippen LogP contribution in [0.15, 0.2) is 70.1 Å². The van der Waals surface area contributed by atoms with E-state index in [-0.39, 0.29) is 23.7 Å². The molecule has 0 amide bonds. The minimum absolute atomic E-state index is 0.0779. The lowest BCUT2D eigenvalue weighted by atomic mass is 10.1. The maximum Gasteiger partial charge on any atom is 0.277 e. The summed E-state index contributed by atoms with van der Waals surface area (Å²) in [5.41, 5.74) is 2.45. The Labute approximate surface area is 206 Å². The van der Waals surface area contributed by atoms with Gasteiger partial charge in [-0.2, -0.15) is 5.10 Å². The van der Waals surface area contributed by atoms with Gasteiger partial charge in [-0.3, -0.25) is 4.79 Å². The second kappa shape index (κ2) is 9.43. The number of aryl methyl sites for hydroxylation is 1. The third kappa shape index (κ3) is 4.40. The van der Waals surface area contributed by atoms with E-state index in [9.17, 15) is 14.3 Å². The zero-order valence-electron chi connectivity index (χ0n) is 20.1. The van der Waals surface area contributed by atoms with Gasteiger partial charge in [0, 0.05) is 29.1 Å².